The average Bonchev–Trinajstić information content (AvgIpc) is 3.23. The van der Waals surface area contributed by atoms with E-state index in [4.69, 9.17) is 11.6 Å². The molecule has 2 N–H and O–H groups in total. The van der Waals surface area contributed by atoms with Gasteiger partial charge in [0.25, 0.3) is 17.1 Å². The number of carbonyl (C=O) groups is 1. The Balaban J connectivity index is 1.65. The minimum absolute atomic E-state index is 0.0725. The molecule has 1 heterocycles. The number of anilines is 1. The first-order valence-electron chi connectivity index (χ1n) is 11.7. The van der Waals surface area contributed by atoms with Crippen LogP contribution < -0.4 is 5.32 Å². The van der Waals surface area contributed by atoms with Crippen LogP contribution in [0, 0.1) is 36.3 Å². The zero-order chi connectivity index (χ0) is 28.0. The number of fused-ring (bicyclic) bond motifs is 3. The number of benzene rings is 3. The van der Waals surface area contributed by atoms with Gasteiger partial charge in [0.05, 0.1) is 47.9 Å². The van der Waals surface area contributed by atoms with Gasteiger partial charge in [0.1, 0.15) is 0 Å². The lowest BCUT2D eigenvalue weighted by Gasteiger charge is -2.38. The van der Waals surface area contributed by atoms with Gasteiger partial charge in [-0.05, 0) is 30.0 Å². The zero-order valence-corrected chi connectivity index (χ0v) is 21.4. The molecule has 0 spiro atoms. The van der Waals surface area contributed by atoms with Gasteiger partial charge >= 0.3 is 5.97 Å². The molecule has 39 heavy (non-hydrogen) atoms. The summed E-state index contributed by atoms with van der Waals surface area (Å²) < 4.78 is 0. The van der Waals surface area contributed by atoms with E-state index in [-0.39, 0.29) is 39.8 Å². The highest BCUT2D eigenvalue weighted by Crippen LogP contribution is 2.60. The summed E-state index contributed by atoms with van der Waals surface area (Å²) in [7, 11) is 0. The Bertz CT molecular complexity index is 1520. The number of nitro benzene ring substituents is 3. The highest BCUT2D eigenvalue weighted by atomic mass is 35.5. The van der Waals surface area contributed by atoms with Crippen molar-refractivity contribution in [2.75, 3.05) is 5.32 Å². The number of nitrogens with one attached hydrogen (secondary N) is 1. The van der Waals surface area contributed by atoms with E-state index < -0.39 is 43.3 Å². The number of aromatic carboxylic acids is 1. The van der Waals surface area contributed by atoms with Crippen molar-refractivity contribution >= 4 is 52.1 Å². The van der Waals surface area contributed by atoms with Crippen molar-refractivity contribution in [3.05, 3.63) is 108 Å². The van der Waals surface area contributed by atoms with Gasteiger partial charge in [-0.1, -0.05) is 24.3 Å². The number of hydrogen-bond donors (Lipinski definition) is 2. The normalized spacial score (nSPS) is 23.3. The van der Waals surface area contributed by atoms with Crippen molar-refractivity contribution in [3.63, 3.8) is 0 Å². The summed E-state index contributed by atoms with van der Waals surface area (Å²) in [5.74, 6) is -2.35. The molecule has 3 aromatic rings. The Morgan fingerprint density at radius 1 is 0.923 bits per heavy atom. The lowest BCUT2D eigenvalue weighted by Crippen LogP contribution is -2.33. The number of nitro groups is 3. The molecule has 0 saturated heterocycles. The fraction of sp³-hybridized carbons (Fsp3) is 0.240. The monoisotopic (exact) mass is 570 g/mol. The lowest BCUT2D eigenvalue weighted by molar-refractivity contribution is -0.387. The van der Waals surface area contributed by atoms with Gasteiger partial charge in [-0.25, -0.2) is 4.79 Å². The van der Waals surface area contributed by atoms with Crippen molar-refractivity contribution in [1.82, 2.24) is 0 Å². The SMILES string of the molecule is O=C(O)c1ccc([N+](=O)[O-])c2c1N[C@H](c1ccc([N+](=O)[O-])cc1)[C@@H]1C[C@H](Sc3ccccc3[N+](=O)[O-])[C@@H](Cl)[C@H]21. The first-order chi connectivity index (χ1) is 18.6. The highest BCUT2D eigenvalue weighted by molar-refractivity contribution is 8.00. The van der Waals surface area contributed by atoms with Crippen molar-refractivity contribution < 1.29 is 24.7 Å². The molecule has 0 radical (unpaired) electrons. The van der Waals surface area contributed by atoms with Gasteiger partial charge in [0, 0.05) is 35.4 Å². The number of alkyl halides is 1. The molecule has 0 bridgehead atoms. The van der Waals surface area contributed by atoms with E-state index in [9.17, 15) is 40.2 Å². The van der Waals surface area contributed by atoms with Gasteiger partial charge in [0.15, 0.2) is 0 Å². The first kappa shape index (κ1) is 26.4. The number of non-ortho nitro benzene ring substituents is 1. The fourth-order valence-corrected chi connectivity index (χ4v) is 7.48. The fourth-order valence-electron chi connectivity index (χ4n) is 5.55. The van der Waals surface area contributed by atoms with Crippen LogP contribution >= 0.6 is 23.4 Å². The smallest absolute Gasteiger partial charge is 0.337 e. The van der Waals surface area contributed by atoms with Crippen LogP contribution in [0.4, 0.5) is 22.7 Å². The largest absolute Gasteiger partial charge is 0.478 e. The van der Waals surface area contributed by atoms with Crippen molar-refractivity contribution in [2.24, 2.45) is 5.92 Å². The summed E-state index contributed by atoms with van der Waals surface area (Å²) in [5, 5.41) is 46.7. The number of halogens is 1. The van der Waals surface area contributed by atoms with E-state index in [1.54, 1.807) is 30.3 Å². The highest BCUT2D eigenvalue weighted by Gasteiger charge is 2.53. The van der Waals surface area contributed by atoms with Crippen molar-refractivity contribution in [1.29, 1.82) is 0 Å². The maximum absolute atomic E-state index is 12.1. The minimum atomic E-state index is -1.29. The molecule has 0 amide bonds. The van der Waals surface area contributed by atoms with Crippen LogP contribution in [0.1, 0.15) is 39.9 Å². The molecule has 0 unspecified atom stereocenters. The Kier molecular flexibility index (Phi) is 6.87. The molecule has 3 aromatic carbocycles. The summed E-state index contributed by atoms with van der Waals surface area (Å²) in [5.41, 5.74) is 0.202. The Morgan fingerprint density at radius 3 is 2.21 bits per heavy atom. The third-order valence-corrected chi connectivity index (χ3v) is 9.29. The van der Waals surface area contributed by atoms with Crippen molar-refractivity contribution in [2.45, 2.75) is 33.9 Å². The second-order valence-electron chi connectivity index (χ2n) is 9.20. The van der Waals surface area contributed by atoms with Crippen LogP contribution in [0.2, 0.25) is 0 Å². The summed E-state index contributed by atoms with van der Waals surface area (Å²) in [6.07, 6.45) is 0.387. The second-order valence-corrected chi connectivity index (χ2v) is 11.0. The number of hydrogen-bond acceptors (Lipinski definition) is 9. The summed E-state index contributed by atoms with van der Waals surface area (Å²) in [6.45, 7) is 0. The third kappa shape index (κ3) is 4.63. The maximum atomic E-state index is 12.1. The molecule has 1 aliphatic heterocycles. The third-order valence-electron chi connectivity index (χ3n) is 7.18. The summed E-state index contributed by atoms with van der Waals surface area (Å²) in [6, 6.07) is 13.7. The second kappa shape index (κ2) is 10.2. The molecule has 5 atom stereocenters. The molecule has 1 fully saturated rings. The molecule has 5 rings (SSSR count). The number of thioether (sulfide) groups is 1. The van der Waals surface area contributed by atoms with Crippen LogP contribution in [0.15, 0.2) is 65.6 Å². The van der Waals surface area contributed by atoms with E-state index in [1.807, 2.05) is 0 Å². The molecule has 12 nitrogen and oxygen atoms in total. The molecule has 14 heteroatoms. The van der Waals surface area contributed by atoms with Crippen LogP contribution in [-0.2, 0) is 0 Å². The van der Waals surface area contributed by atoms with E-state index in [1.165, 1.54) is 30.0 Å². The number of nitrogens with zero attached hydrogens (tertiary/aromatic N) is 3. The van der Waals surface area contributed by atoms with E-state index in [2.05, 4.69) is 5.32 Å². The Hall–Kier alpha value is -4.23. The standard InChI is InChI=1S/C25H19ClN4O8S/c26-22-19(39-18-4-2-1-3-16(18)29(35)36)11-15-20(22)21-17(30(37)38)10-9-14(25(31)32)24(21)27-23(15)12-5-7-13(8-6-12)28(33)34/h1-10,15,19-20,22-23,27H,11H2,(H,31,32)/t15-,19+,20+,22-,23-/m1/s1. The van der Waals surface area contributed by atoms with E-state index >= 15 is 0 Å². The number of para-hydroxylation sites is 1. The van der Waals surface area contributed by atoms with Gasteiger partial charge < -0.3 is 10.4 Å². The van der Waals surface area contributed by atoms with Crippen LogP contribution in [0.5, 0.6) is 0 Å². The lowest BCUT2D eigenvalue weighted by atomic mass is 9.75. The van der Waals surface area contributed by atoms with E-state index in [0.29, 0.717) is 16.9 Å². The summed E-state index contributed by atoms with van der Waals surface area (Å²) in [4.78, 5) is 45.7. The first-order valence-corrected chi connectivity index (χ1v) is 13.0. The molecular weight excluding hydrogens is 552 g/mol. The van der Waals surface area contributed by atoms with Crippen molar-refractivity contribution in [3.8, 4) is 0 Å². The van der Waals surface area contributed by atoms with Gasteiger partial charge in [0.2, 0.25) is 0 Å². The zero-order valence-electron chi connectivity index (χ0n) is 19.8. The van der Waals surface area contributed by atoms with Crippen LogP contribution in [0.25, 0.3) is 0 Å². The predicted octanol–water partition coefficient (Wildman–Crippen LogP) is 6.15. The Morgan fingerprint density at radius 2 is 1.59 bits per heavy atom. The van der Waals surface area contributed by atoms with Gasteiger partial charge in [-0.3, -0.25) is 30.3 Å². The van der Waals surface area contributed by atoms with Crippen LogP contribution in [0.3, 0.4) is 0 Å². The molecule has 2 aliphatic rings. The van der Waals surface area contributed by atoms with Crippen LogP contribution in [-0.4, -0.2) is 36.5 Å². The van der Waals surface area contributed by atoms with E-state index in [0.717, 1.165) is 12.1 Å². The molecule has 200 valence electrons. The average molecular weight is 571 g/mol. The quantitative estimate of drug-likeness (QED) is 0.190. The molecular formula is C25H19ClN4O8S. The Labute approximate surface area is 229 Å². The number of carboxylic acids is 1. The number of rotatable bonds is 7. The number of carboxylic acid groups (broad SMARTS) is 1. The minimum Gasteiger partial charge on any atom is -0.478 e. The van der Waals surface area contributed by atoms with Gasteiger partial charge in [-0.2, -0.15) is 0 Å². The topological polar surface area (TPSA) is 179 Å². The molecule has 1 aliphatic carbocycles. The summed E-state index contributed by atoms with van der Waals surface area (Å²) >= 11 is 8.22. The van der Waals surface area contributed by atoms with Gasteiger partial charge in [-0.15, -0.1) is 23.4 Å². The molecule has 1 saturated carbocycles. The predicted molar refractivity (Wildman–Crippen MR) is 143 cm³/mol. The molecule has 0 aromatic heterocycles. The maximum Gasteiger partial charge on any atom is 0.337 e.